The van der Waals surface area contributed by atoms with Gasteiger partial charge < -0.3 is 36.6 Å². The van der Waals surface area contributed by atoms with Crippen LogP contribution < -0.4 is 16.4 Å². The lowest BCUT2D eigenvalue weighted by Gasteiger charge is -2.28. The van der Waals surface area contributed by atoms with E-state index < -0.39 is 60.2 Å². The van der Waals surface area contributed by atoms with Gasteiger partial charge in [0, 0.05) is 13.0 Å². The molecule has 4 atom stereocenters. The Hall–Kier alpha value is -3.67. The Balaban J connectivity index is 1.94. The monoisotopic (exact) mass is 478 g/mol. The van der Waals surface area contributed by atoms with Gasteiger partial charge in [0.25, 0.3) is 0 Å². The number of nitrogens with zero attached hydrogens (tertiary/aromatic N) is 1. The van der Waals surface area contributed by atoms with Gasteiger partial charge in [-0.15, -0.1) is 0 Å². The van der Waals surface area contributed by atoms with Crippen molar-refractivity contribution in [1.82, 2.24) is 15.5 Å². The molecular weight excluding hydrogens is 448 g/mol. The molecule has 1 heterocycles. The van der Waals surface area contributed by atoms with E-state index in [4.69, 9.17) is 10.8 Å². The molecule has 0 spiro atoms. The van der Waals surface area contributed by atoms with Crippen molar-refractivity contribution in [3.63, 3.8) is 0 Å². The fraction of sp³-hybridized carbons (Fsp3) is 0.500. The number of aromatic hydroxyl groups is 1. The number of carboxylic acids is 2. The SMILES string of the molecule is CC(NC(=O)C1CCCN1C(=O)C(N)Cc1ccc(O)cc1)C(=O)NC(CCC(=O)O)C(=O)O. The smallest absolute Gasteiger partial charge is 0.326 e. The van der Waals surface area contributed by atoms with Gasteiger partial charge in [-0.1, -0.05) is 12.1 Å². The highest BCUT2D eigenvalue weighted by Gasteiger charge is 2.37. The molecule has 7 N–H and O–H groups in total. The van der Waals surface area contributed by atoms with Crippen molar-refractivity contribution in [3.05, 3.63) is 29.8 Å². The number of carboxylic acid groups (broad SMARTS) is 2. The summed E-state index contributed by atoms with van der Waals surface area (Å²) >= 11 is 0. The van der Waals surface area contributed by atoms with E-state index in [1.807, 2.05) is 0 Å². The first-order valence-corrected chi connectivity index (χ1v) is 10.9. The highest BCUT2D eigenvalue weighted by atomic mass is 16.4. The van der Waals surface area contributed by atoms with E-state index in [2.05, 4.69) is 10.6 Å². The second-order valence-electron chi connectivity index (χ2n) is 8.23. The van der Waals surface area contributed by atoms with Crippen LogP contribution in [0.15, 0.2) is 24.3 Å². The number of phenols is 1. The van der Waals surface area contributed by atoms with Gasteiger partial charge in [0.1, 0.15) is 23.9 Å². The fourth-order valence-electron chi connectivity index (χ4n) is 3.69. The molecule has 1 aliphatic rings. The van der Waals surface area contributed by atoms with Gasteiger partial charge in [0.15, 0.2) is 0 Å². The molecule has 1 aromatic carbocycles. The van der Waals surface area contributed by atoms with E-state index in [-0.39, 0.29) is 18.6 Å². The molecule has 1 fully saturated rings. The summed E-state index contributed by atoms with van der Waals surface area (Å²) < 4.78 is 0. The van der Waals surface area contributed by atoms with Crippen LogP contribution >= 0.6 is 0 Å². The van der Waals surface area contributed by atoms with Crippen molar-refractivity contribution in [3.8, 4) is 5.75 Å². The van der Waals surface area contributed by atoms with Crippen LogP contribution in [-0.2, 0) is 30.4 Å². The summed E-state index contributed by atoms with van der Waals surface area (Å²) in [4.78, 5) is 61.3. The first-order valence-electron chi connectivity index (χ1n) is 10.9. The molecule has 34 heavy (non-hydrogen) atoms. The van der Waals surface area contributed by atoms with E-state index in [1.54, 1.807) is 12.1 Å². The Bertz CT molecular complexity index is 920. The first-order chi connectivity index (χ1) is 16.0. The summed E-state index contributed by atoms with van der Waals surface area (Å²) in [5, 5.41) is 32.0. The van der Waals surface area contributed by atoms with E-state index >= 15 is 0 Å². The van der Waals surface area contributed by atoms with Gasteiger partial charge in [0.05, 0.1) is 6.04 Å². The lowest BCUT2D eigenvalue weighted by Crippen LogP contribution is -2.56. The van der Waals surface area contributed by atoms with E-state index in [0.29, 0.717) is 19.4 Å². The third-order valence-electron chi connectivity index (χ3n) is 5.56. The Morgan fingerprint density at radius 2 is 1.76 bits per heavy atom. The van der Waals surface area contributed by atoms with E-state index in [0.717, 1.165) is 5.56 Å². The fourth-order valence-corrected chi connectivity index (χ4v) is 3.69. The van der Waals surface area contributed by atoms with Crippen LogP contribution in [0.3, 0.4) is 0 Å². The van der Waals surface area contributed by atoms with Crippen molar-refractivity contribution in [2.75, 3.05) is 6.54 Å². The molecule has 1 saturated heterocycles. The van der Waals surface area contributed by atoms with Crippen LogP contribution in [-0.4, -0.2) is 80.6 Å². The van der Waals surface area contributed by atoms with Crippen LogP contribution in [0.25, 0.3) is 0 Å². The number of nitrogens with one attached hydrogen (secondary N) is 2. The standard InChI is InChI=1S/C22H30N4O8/c1-12(19(30)25-16(22(33)34)8-9-18(28)29)24-20(31)17-3-2-10-26(17)21(32)15(23)11-13-4-6-14(27)7-5-13/h4-7,12,15-17,27H,2-3,8-11,23H2,1H3,(H,24,31)(H,25,30)(H,28,29)(H,33,34). The summed E-state index contributed by atoms with van der Waals surface area (Å²) in [5.74, 6) is -4.26. The quantitative estimate of drug-likeness (QED) is 0.235. The maximum Gasteiger partial charge on any atom is 0.326 e. The van der Waals surface area contributed by atoms with Crippen molar-refractivity contribution >= 4 is 29.7 Å². The molecule has 12 heteroatoms. The van der Waals surface area contributed by atoms with Gasteiger partial charge in [-0.05, 0) is 50.3 Å². The molecule has 0 aromatic heterocycles. The summed E-state index contributed by atoms with van der Waals surface area (Å²) in [6.45, 7) is 1.69. The molecule has 12 nitrogen and oxygen atoms in total. The van der Waals surface area contributed by atoms with Gasteiger partial charge in [-0.25, -0.2) is 4.79 Å². The molecule has 186 valence electrons. The summed E-state index contributed by atoms with van der Waals surface area (Å²) in [7, 11) is 0. The first kappa shape index (κ1) is 26.6. The average molecular weight is 479 g/mol. The normalized spacial score (nSPS) is 17.9. The van der Waals surface area contributed by atoms with Crippen LogP contribution in [0.4, 0.5) is 0 Å². The summed E-state index contributed by atoms with van der Waals surface area (Å²) in [6, 6.07) is 2.03. The Kier molecular flexibility index (Phi) is 9.36. The lowest BCUT2D eigenvalue weighted by atomic mass is 10.0. The van der Waals surface area contributed by atoms with E-state index in [9.17, 15) is 34.2 Å². The third kappa shape index (κ3) is 7.44. The largest absolute Gasteiger partial charge is 0.508 e. The molecule has 0 bridgehead atoms. The summed E-state index contributed by atoms with van der Waals surface area (Å²) in [6.07, 6.45) is 0.429. The van der Waals surface area contributed by atoms with Crippen LogP contribution in [0, 0.1) is 0 Å². The number of amides is 3. The minimum absolute atomic E-state index is 0.0923. The highest BCUT2D eigenvalue weighted by Crippen LogP contribution is 2.20. The minimum atomic E-state index is -1.41. The number of carbonyl (C=O) groups is 5. The zero-order valence-corrected chi connectivity index (χ0v) is 18.8. The number of aliphatic carboxylic acids is 2. The number of benzene rings is 1. The zero-order valence-electron chi connectivity index (χ0n) is 18.8. The molecular formula is C22H30N4O8. The van der Waals surface area contributed by atoms with Crippen LogP contribution in [0.2, 0.25) is 0 Å². The highest BCUT2D eigenvalue weighted by molar-refractivity contribution is 5.94. The zero-order chi connectivity index (χ0) is 25.4. The van der Waals surface area contributed by atoms with Crippen LogP contribution in [0.5, 0.6) is 5.75 Å². The molecule has 0 saturated carbocycles. The Morgan fingerprint density at radius 1 is 1.12 bits per heavy atom. The predicted molar refractivity (Wildman–Crippen MR) is 119 cm³/mol. The number of hydrogen-bond acceptors (Lipinski definition) is 7. The Labute approximate surface area is 196 Å². The van der Waals surface area contributed by atoms with Crippen molar-refractivity contribution in [2.24, 2.45) is 5.73 Å². The number of carbonyl (C=O) groups excluding carboxylic acids is 3. The van der Waals surface area contributed by atoms with Gasteiger partial charge >= 0.3 is 11.9 Å². The number of hydrogen-bond donors (Lipinski definition) is 6. The third-order valence-corrected chi connectivity index (χ3v) is 5.56. The molecule has 0 radical (unpaired) electrons. The lowest BCUT2D eigenvalue weighted by molar-refractivity contribution is -0.144. The van der Waals surface area contributed by atoms with Crippen LogP contribution in [0.1, 0.15) is 38.2 Å². The predicted octanol–water partition coefficient (Wildman–Crippen LogP) is -0.808. The molecule has 4 unspecified atom stereocenters. The van der Waals surface area contributed by atoms with Crippen molar-refractivity contribution in [2.45, 2.75) is 63.2 Å². The van der Waals surface area contributed by atoms with Crippen molar-refractivity contribution < 1.29 is 39.3 Å². The van der Waals surface area contributed by atoms with E-state index in [1.165, 1.54) is 24.0 Å². The van der Waals surface area contributed by atoms with Gasteiger partial charge in [-0.3, -0.25) is 19.2 Å². The molecule has 0 aliphatic carbocycles. The minimum Gasteiger partial charge on any atom is -0.508 e. The molecule has 1 aliphatic heterocycles. The number of rotatable bonds is 11. The molecule has 2 rings (SSSR count). The summed E-state index contributed by atoms with van der Waals surface area (Å²) in [5.41, 5.74) is 6.81. The second-order valence-corrected chi connectivity index (χ2v) is 8.23. The molecule has 1 aromatic rings. The average Bonchev–Trinajstić information content (AvgIpc) is 3.27. The molecule has 3 amide bonds. The number of likely N-dealkylation sites (tertiary alicyclic amines) is 1. The van der Waals surface area contributed by atoms with Crippen molar-refractivity contribution in [1.29, 1.82) is 0 Å². The Morgan fingerprint density at radius 3 is 2.35 bits per heavy atom. The van der Waals surface area contributed by atoms with Gasteiger partial charge in [-0.2, -0.15) is 0 Å². The number of phenolic OH excluding ortho intramolecular Hbond substituents is 1. The van der Waals surface area contributed by atoms with Gasteiger partial charge in [0.2, 0.25) is 17.7 Å². The second kappa shape index (κ2) is 12.0. The topological polar surface area (TPSA) is 199 Å². The maximum atomic E-state index is 12.9. The number of nitrogens with two attached hydrogens (primary N) is 1. The maximum absolute atomic E-state index is 12.9.